The van der Waals surface area contributed by atoms with Gasteiger partial charge in [0.25, 0.3) is 0 Å². The van der Waals surface area contributed by atoms with Crippen LogP contribution in [0.5, 0.6) is 0 Å². The Morgan fingerprint density at radius 3 is 2.75 bits per heavy atom. The fourth-order valence-electron chi connectivity index (χ4n) is 0.786. The molecule has 66 valence electrons. The molecule has 0 fully saturated rings. The van der Waals surface area contributed by atoms with Gasteiger partial charge in [-0.2, -0.15) is 0 Å². The first-order valence-electron chi connectivity index (χ1n) is 4.02. The molecule has 0 aliphatic heterocycles. The quantitative estimate of drug-likeness (QED) is 0.708. The molecule has 3 N–H and O–H groups in total. The Morgan fingerprint density at radius 2 is 2.25 bits per heavy atom. The number of aromatic nitrogens is 1. The van der Waals surface area contributed by atoms with Gasteiger partial charge in [0, 0.05) is 18.3 Å². The van der Waals surface area contributed by atoms with Crippen LogP contribution in [0.3, 0.4) is 0 Å². The van der Waals surface area contributed by atoms with Crippen LogP contribution in [-0.4, -0.2) is 17.1 Å². The van der Waals surface area contributed by atoms with Gasteiger partial charge in [-0.15, -0.1) is 0 Å². The van der Waals surface area contributed by atoms with Crippen molar-refractivity contribution in [1.82, 2.24) is 4.98 Å². The van der Waals surface area contributed by atoms with Gasteiger partial charge in [0.15, 0.2) is 0 Å². The summed E-state index contributed by atoms with van der Waals surface area (Å²) in [6, 6.07) is 5.75. The molecular weight excluding hydrogens is 150 g/mol. The molecule has 0 unspecified atom stereocenters. The van der Waals surface area contributed by atoms with Crippen molar-refractivity contribution in [2.75, 3.05) is 11.9 Å². The van der Waals surface area contributed by atoms with Crippen molar-refractivity contribution in [3.05, 3.63) is 24.4 Å². The van der Waals surface area contributed by atoms with E-state index in [-0.39, 0.29) is 5.54 Å². The summed E-state index contributed by atoms with van der Waals surface area (Å²) >= 11 is 0. The van der Waals surface area contributed by atoms with Crippen molar-refractivity contribution in [2.24, 2.45) is 5.73 Å². The maximum atomic E-state index is 5.79. The Kier molecular flexibility index (Phi) is 2.65. The maximum Gasteiger partial charge on any atom is 0.125 e. The monoisotopic (exact) mass is 165 g/mol. The van der Waals surface area contributed by atoms with E-state index in [1.165, 1.54) is 0 Å². The second kappa shape index (κ2) is 3.54. The van der Waals surface area contributed by atoms with Crippen molar-refractivity contribution >= 4 is 5.82 Å². The predicted molar refractivity (Wildman–Crippen MR) is 51.0 cm³/mol. The largest absolute Gasteiger partial charge is 0.368 e. The minimum atomic E-state index is -0.197. The average molecular weight is 165 g/mol. The summed E-state index contributed by atoms with van der Waals surface area (Å²) in [6.07, 6.45) is 1.76. The van der Waals surface area contributed by atoms with Gasteiger partial charge in [-0.05, 0) is 26.0 Å². The molecule has 0 saturated heterocycles. The first kappa shape index (κ1) is 9.00. The zero-order chi connectivity index (χ0) is 9.03. The van der Waals surface area contributed by atoms with Crippen LogP contribution in [0.4, 0.5) is 5.82 Å². The number of hydrogen-bond acceptors (Lipinski definition) is 3. The van der Waals surface area contributed by atoms with Gasteiger partial charge < -0.3 is 11.1 Å². The summed E-state index contributed by atoms with van der Waals surface area (Å²) in [5.41, 5.74) is 5.60. The predicted octanol–water partition coefficient (Wildman–Crippen LogP) is 1.23. The number of pyridine rings is 1. The van der Waals surface area contributed by atoms with Gasteiger partial charge in [0.05, 0.1) is 0 Å². The molecule has 0 aromatic carbocycles. The second-order valence-electron chi connectivity index (χ2n) is 3.56. The van der Waals surface area contributed by atoms with Crippen molar-refractivity contribution in [3.8, 4) is 0 Å². The summed E-state index contributed by atoms with van der Waals surface area (Å²) < 4.78 is 0. The lowest BCUT2D eigenvalue weighted by Crippen LogP contribution is -2.39. The van der Waals surface area contributed by atoms with Crippen LogP contribution in [0, 0.1) is 0 Å². The van der Waals surface area contributed by atoms with E-state index < -0.39 is 0 Å². The Hall–Kier alpha value is -1.09. The average Bonchev–Trinajstić information content (AvgIpc) is 2.02. The van der Waals surface area contributed by atoms with Crippen molar-refractivity contribution in [3.63, 3.8) is 0 Å². The van der Waals surface area contributed by atoms with E-state index >= 15 is 0 Å². The van der Waals surface area contributed by atoms with Crippen LogP contribution in [0.15, 0.2) is 24.4 Å². The molecular formula is C9H15N3. The molecule has 0 bridgehead atoms. The molecule has 12 heavy (non-hydrogen) atoms. The summed E-state index contributed by atoms with van der Waals surface area (Å²) in [7, 11) is 0. The van der Waals surface area contributed by atoms with Gasteiger partial charge >= 0.3 is 0 Å². The lowest BCUT2D eigenvalue weighted by molar-refractivity contribution is 0.548. The number of nitrogens with zero attached hydrogens (tertiary/aromatic N) is 1. The lowest BCUT2D eigenvalue weighted by Gasteiger charge is -2.18. The third kappa shape index (κ3) is 3.34. The maximum absolute atomic E-state index is 5.79. The number of nitrogens with two attached hydrogens (primary N) is 1. The minimum Gasteiger partial charge on any atom is -0.368 e. The van der Waals surface area contributed by atoms with Crippen LogP contribution < -0.4 is 11.1 Å². The standard InChI is InChI=1S/C9H15N3/c1-9(2,10)7-12-8-5-3-4-6-11-8/h3-6H,7,10H2,1-2H3,(H,11,12). The molecule has 0 saturated carbocycles. The summed E-state index contributed by atoms with van der Waals surface area (Å²) in [6.45, 7) is 4.68. The molecule has 0 amide bonds. The fourth-order valence-corrected chi connectivity index (χ4v) is 0.786. The SMILES string of the molecule is CC(C)(N)CNc1ccccn1. The van der Waals surface area contributed by atoms with Crippen LogP contribution in [0.1, 0.15) is 13.8 Å². The van der Waals surface area contributed by atoms with Gasteiger partial charge in [0.2, 0.25) is 0 Å². The highest BCUT2D eigenvalue weighted by Crippen LogP contribution is 2.02. The summed E-state index contributed by atoms with van der Waals surface area (Å²) in [5.74, 6) is 0.871. The van der Waals surface area contributed by atoms with Gasteiger partial charge in [-0.25, -0.2) is 4.98 Å². The third-order valence-corrected chi connectivity index (χ3v) is 1.39. The Labute approximate surface area is 73.0 Å². The lowest BCUT2D eigenvalue weighted by atomic mass is 10.1. The molecule has 0 aliphatic rings. The molecule has 0 radical (unpaired) electrons. The van der Waals surface area contributed by atoms with E-state index in [0.29, 0.717) is 0 Å². The summed E-state index contributed by atoms with van der Waals surface area (Å²) in [4.78, 5) is 4.12. The smallest absolute Gasteiger partial charge is 0.125 e. The van der Waals surface area contributed by atoms with Gasteiger partial charge in [0.1, 0.15) is 5.82 Å². The number of nitrogens with one attached hydrogen (secondary N) is 1. The first-order valence-corrected chi connectivity index (χ1v) is 4.02. The molecule has 3 heteroatoms. The molecule has 0 aliphatic carbocycles. The van der Waals surface area contributed by atoms with Gasteiger partial charge in [-0.1, -0.05) is 6.07 Å². The van der Waals surface area contributed by atoms with Crippen LogP contribution >= 0.6 is 0 Å². The molecule has 1 aromatic rings. The van der Waals surface area contributed by atoms with Crippen molar-refractivity contribution in [2.45, 2.75) is 19.4 Å². The molecule has 1 rings (SSSR count). The van der Waals surface area contributed by atoms with Crippen LogP contribution in [0.25, 0.3) is 0 Å². The summed E-state index contributed by atoms with van der Waals surface area (Å²) in [5, 5.41) is 3.15. The number of hydrogen-bond donors (Lipinski definition) is 2. The topological polar surface area (TPSA) is 50.9 Å². The fraction of sp³-hybridized carbons (Fsp3) is 0.444. The molecule has 0 spiro atoms. The van der Waals surface area contributed by atoms with E-state index in [9.17, 15) is 0 Å². The highest BCUT2D eigenvalue weighted by Gasteiger charge is 2.09. The molecule has 0 atom stereocenters. The van der Waals surface area contributed by atoms with E-state index in [4.69, 9.17) is 5.73 Å². The normalized spacial score (nSPS) is 11.2. The van der Waals surface area contributed by atoms with E-state index in [1.54, 1.807) is 6.20 Å². The van der Waals surface area contributed by atoms with Crippen molar-refractivity contribution < 1.29 is 0 Å². The Bertz CT molecular complexity index is 225. The molecule has 1 aromatic heterocycles. The second-order valence-corrected chi connectivity index (χ2v) is 3.56. The van der Waals surface area contributed by atoms with Crippen LogP contribution in [-0.2, 0) is 0 Å². The minimum absolute atomic E-state index is 0.197. The Balaban J connectivity index is 2.44. The first-order chi connectivity index (χ1) is 5.58. The zero-order valence-electron chi connectivity index (χ0n) is 7.54. The highest BCUT2D eigenvalue weighted by atomic mass is 15.0. The van der Waals surface area contributed by atoms with E-state index in [1.807, 2.05) is 32.0 Å². The number of rotatable bonds is 3. The molecule has 1 heterocycles. The Morgan fingerprint density at radius 1 is 1.50 bits per heavy atom. The molecule has 3 nitrogen and oxygen atoms in total. The zero-order valence-corrected chi connectivity index (χ0v) is 7.54. The van der Waals surface area contributed by atoms with Crippen LogP contribution in [0.2, 0.25) is 0 Å². The van der Waals surface area contributed by atoms with Gasteiger partial charge in [-0.3, -0.25) is 0 Å². The van der Waals surface area contributed by atoms with E-state index in [0.717, 1.165) is 12.4 Å². The number of anilines is 1. The third-order valence-electron chi connectivity index (χ3n) is 1.39. The van der Waals surface area contributed by atoms with Crippen molar-refractivity contribution in [1.29, 1.82) is 0 Å². The van der Waals surface area contributed by atoms with E-state index in [2.05, 4.69) is 10.3 Å². The highest BCUT2D eigenvalue weighted by molar-refractivity contribution is 5.33.